The Kier molecular flexibility index (Phi) is 14.8. The maximum atomic E-state index is 12.0. The maximum Gasteiger partial charge on any atom is 0.251 e. The molecule has 0 unspecified atom stereocenters. The largest absolute Gasteiger partial charge is 1.00 e. The van der Waals surface area contributed by atoms with Crippen molar-refractivity contribution in [1.82, 2.24) is 10.6 Å². The van der Waals surface area contributed by atoms with E-state index in [0.29, 0.717) is 24.2 Å². The molecule has 6 nitrogen and oxygen atoms in total. The fourth-order valence-corrected chi connectivity index (χ4v) is 2.69. The average Bonchev–Trinajstić information content (AvgIpc) is 2.67. The van der Waals surface area contributed by atoms with Crippen molar-refractivity contribution in [2.24, 2.45) is 14.1 Å². The number of halogens is 2. The molecular weight excluding hydrogens is 594 g/mol. The van der Waals surface area contributed by atoms with Crippen LogP contribution in [0.1, 0.15) is 52.8 Å². The van der Waals surface area contributed by atoms with E-state index in [0.717, 1.165) is 32.1 Å². The molecule has 0 aromatic carbocycles. The number of hydrogen-bond acceptors (Lipinski definition) is 2. The number of carbonyl (C=O) groups excluding carboxylic acids is 2. The molecule has 0 saturated carbocycles. The molecule has 0 aliphatic carbocycles. The van der Waals surface area contributed by atoms with Crippen molar-refractivity contribution < 1.29 is 66.7 Å². The summed E-state index contributed by atoms with van der Waals surface area (Å²) in [6.45, 7) is 1.39. The van der Waals surface area contributed by atoms with Crippen LogP contribution in [-0.4, -0.2) is 24.9 Å². The number of aryl methyl sites for hydroxylation is 2. The summed E-state index contributed by atoms with van der Waals surface area (Å²) in [6.07, 6.45) is 12.7. The van der Waals surface area contributed by atoms with Gasteiger partial charge in [0.2, 0.25) is 0 Å². The minimum absolute atomic E-state index is 0. The van der Waals surface area contributed by atoms with Crippen LogP contribution in [-0.2, 0) is 14.1 Å². The maximum absolute atomic E-state index is 12.0. The molecule has 0 saturated heterocycles. The highest BCUT2D eigenvalue weighted by Crippen LogP contribution is 2.03. The second kappa shape index (κ2) is 15.5. The van der Waals surface area contributed by atoms with Crippen LogP contribution in [0.3, 0.4) is 0 Å². The van der Waals surface area contributed by atoms with Gasteiger partial charge in [0, 0.05) is 37.4 Å². The molecule has 0 aliphatic rings. The Hall–Kier alpha value is -1.30. The third-order valence-electron chi connectivity index (χ3n) is 4.41. The van der Waals surface area contributed by atoms with Gasteiger partial charge < -0.3 is 58.6 Å². The van der Waals surface area contributed by atoms with Crippen LogP contribution in [0.25, 0.3) is 0 Å². The lowest BCUT2D eigenvalue weighted by atomic mass is 10.1. The Morgan fingerprint density at radius 3 is 1.31 bits per heavy atom. The van der Waals surface area contributed by atoms with Crippen molar-refractivity contribution in [2.45, 2.75) is 32.1 Å². The van der Waals surface area contributed by atoms with Gasteiger partial charge in [0.15, 0.2) is 24.8 Å². The summed E-state index contributed by atoms with van der Waals surface area (Å²) in [5.74, 6) is -0.0411. The molecule has 2 N–H and O–H groups in total. The van der Waals surface area contributed by atoms with Gasteiger partial charge in [-0.1, -0.05) is 19.3 Å². The highest BCUT2D eigenvalue weighted by Gasteiger charge is 2.07. The molecular formula is C21H30I2N4O2. The lowest BCUT2D eigenvalue weighted by Crippen LogP contribution is -3.00. The lowest BCUT2D eigenvalue weighted by molar-refractivity contribution is -0.671. The highest BCUT2D eigenvalue weighted by atomic mass is 127. The molecule has 160 valence electrons. The summed E-state index contributed by atoms with van der Waals surface area (Å²) in [6, 6.07) is 7.27. The van der Waals surface area contributed by atoms with Gasteiger partial charge in [-0.3, -0.25) is 9.59 Å². The number of unbranched alkanes of at least 4 members (excludes halogenated alkanes) is 4. The zero-order chi connectivity index (χ0) is 19.5. The third kappa shape index (κ3) is 10.9. The van der Waals surface area contributed by atoms with E-state index in [1.165, 1.54) is 0 Å². The van der Waals surface area contributed by atoms with Crippen molar-refractivity contribution in [3.8, 4) is 0 Å². The zero-order valence-electron chi connectivity index (χ0n) is 17.0. The van der Waals surface area contributed by atoms with E-state index < -0.39 is 0 Å². The standard InChI is InChI=1S/C21H28N4O2.2HI/c1-24-14-8-18(9-15-24)20(26)22-12-6-4-3-5-7-13-23-21(27)19-10-16-25(2)17-11-19;;/h8-11,14-17H,3-7,12-13H2,1-2H3;2*1H. The SMILES string of the molecule is C[n+]1ccc(C(=O)NCCCCCCCNC(=O)c2cc[n+](C)cc2)cc1.[I-].[I-]. The first-order valence-corrected chi connectivity index (χ1v) is 9.53. The molecule has 29 heavy (non-hydrogen) atoms. The van der Waals surface area contributed by atoms with Crippen LogP contribution in [0.2, 0.25) is 0 Å². The molecule has 2 aromatic heterocycles. The second-order valence-corrected chi connectivity index (χ2v) is 6.78. The summed E-state index contributed by atoms with van der Waals surface area (Å²) in [5, 5.41) is 5.90. The number of aromatic nitrogens is 2. The molecule has 8 heteroatoms. The predicted octanol–water partition coefficient (Wildman–Crippen LogP) is -4.55. The lowest BCUT2D eigenvalue weighted by Gasteiger charge is -2.06. The van der Waals surface area contributed by atoms with Gasteiger partial charge in [0.05, 0.1) is 11.1 Å². The molecule has 2 aromatic rings. The number of nitrogens with zero attached hydrogens (tertiary/aromatic N) is 2. The number of rotatable bonds is 10. The van der Waals surface area contributed by atoms with Crippen molar-refractivity contribution in [2.75, 3.05) is 13.1 Å². The Labute approximate surface area is 207 Å². The van der Waals surface area contributed by atoms with Gasteiger partial charge in [-0.15, -0.1) is 0 Å². The summed E-state index contributed by atoms with van der Waals surface area (Å²) < 4.78 is 3.80. The first-order chi connectivity index (χ1) is 13.1. The minimum atomic E-state index is -0.0205. The van der Waals surface area contributed by atoms with Crippen LogP contribution in [0.4, 0.5) is 0 Å². The fourth-order valence-electron chi connectivity index (χ4n) is 2.69. The number of pyridine rings is 2. The molecule has 0 atom stereocenters. The van der Waals surface area contributed by atoms with E-state index in [9.17, 15) is 9.59 Å². The van der Waals surface area contributed by atoms with Crippen LogP contribution in [0.5, 0.6) is 0 Å². The second-order valence-electron chi connectivity index (χ2n) is 6.78. The van der Waals surface area contributed by atoms with E-state index in [4.69, 9.17) is 0 Å². The first kappa shape index (κ1) is 27.7. The van der Waals surface area contributed by atoms with Crippen molar-refractivity contribution in [1.29, 1.82) is 0 Å². The highest BCUT2D eigenvalue weighted by molar-refractivity contribution is 5.94. The van der Waals surface area contributed by atoms with E-state index in [-0.39, 0.29) is 59.8 Å². The molecule has 0 bridgehead atoms. The topological polar surface area (TPSA) is 66.0 Å². The van der Waals surface area contributed by atoms with E-state index >= 15 is 0 Å². The van der Waals surface area contributed by atoms with Crippen LogP contribution in [0, 0.1) is 0 Å². The monoisotopic (exact) mass is 624 g/mol. The first-order valence-electron chi connectivity index (χ1n) is 9.53. The van der Waals surface area contributed by atoms with E-state index in [2.05, 4.69) is 10.6 Å². The van der Waals surface area contributed by atoms with Gasteiger partial charge >= 0.3 is 0 Å². The van der Waals surface area contributed by atoms with E-state index in [1.54, 1.807) is 0 Å². The number of amides is 2. The Morgan fingerprint density at radius 2 is 0.966 bits per heavy atom. The van der Waals surface area contributed by atoms with Crippen LogP contribution in [0.15, 0.2) is 49.1 Å². The molecule has 2 heterocycles. The molecule has 0 spiro atoms. The molecule has 0 aliphatic heterocycles. The normalized spacial score (nSPS) is 9.72. The van der Waals surface area contributed by atoms with Crippen LogP contribution < -0.4 is 67.7 Å². The molecule has 2 rings (SSSR count). The Morgan fingerprint density at radius 1 is 0.655 bits per heavy atom. The quantitative estimate of drug-likeness (QED) is 0.159. The summed E-state index contributed by atoms with van der Waals surface area (Å²) in [4.78, 5) is 23.9. The number of hydrogen-bond donors (Lipinski definition) is 2. The van der Waals surface area contributed by atoms with Gasteiger partial charge in [-0.2, -0.15) is 0 Å². The third-order valence-corrected chi connectivity index (χ3v) is 4.41. The van der Waals surface area contributed by atoms with Crippen molar-refractivity contribution >= 4 is 11.8 Å². The van der Waals surface area contributed by atoms with Gasteiger partial charge in [-0.05, 0) is 12.8 Å². The molecule has 0 radical (unpaired) electrons. The Balaban J connectivity index is 0.00000392. The smallest absolute Gasteiger partial charge is 0.251 e. The fraction of sp³-hybridized carbons (Fsp3) is 0.429. The van der Waals surface area contributed by atoms with Crippen LogP contribution >= 0.6 is 0 Å². The molecule has 0 fully saturated rings. The van der Waals surface area contributed by atoms with Gasteiger partial charge in [-0.25, -0.2) is 9.13 Å². The van der Waals surface area contributed by atoms with Gasteiger partial charge in [0.1, 0.15) is 14.1 Å². The predicted molar refractivity (Wildman–Crippen MR) is 103 cm³/mol. The molecule has 2 amide bonds. The number of carbonyl (C=O) groups is 2. The van der Waals surface area contributed by atoms with Crippen molar-refractivity contribution in [3.63, 3.8) is 0 Å². The average molecular weight is 624 g/mol. The summed E-state index contributed by atoms with van der Waals surface area (Å²) in [5.41, 5.74) is 1.38. The zero-order valence-corrected chi connectivity index (χ0v) is 21.4. The Bertz CT molecular complexity index is 674. The van der Waals surface area contributed by atoms with E-state index in [1.807, 2.05) is 72.3 Å². The summed E-state index contributed by atoms with van der Waals surface area (Å²) >= 11 is 0. The van der Waals surface area contributed by atoms with Crippen molar-refractivity contribution in [3.05, 3.63) is 60.2 Å². The van der Waals surface area contributed by atoms with Gasteiger partial charge in [0.25, 0.3) is 11.8 Å². The minimum Gasteiger partial charge on any atom is -1.00 e. The summed E-state index contributed by atoms with van der Waals surface area (Å²) in [7, 11) is 3.85. The number of nitrogens with one attached hydrogen (secondary N) is 2.